The second-order valence-electron chi connectivity index (χ2n) is 5.43. The van der Waals surface area contributed by atoms with Crippen molar-refractivity contribution in [3.63, 3.8) is 0 Å². The number of benzene rings is 2. The fraction of sp³-hybridized carbons (Fsp3) is 0.294. The number of rotatable bonds is 5. The van der Waals surface area contributed by atoms with Gasteiger partial charge < -0.3 is 9.84 Å². The van der Waals surface area contributed by atoms with Crippen molar-refractivity contribution in [2.24, 2.45) is 0 Å². The minimum absolute atomic E-state index is 0.338. The highest BCUT2D eigenvalue weighted by Crippen LogP contribution is 2.25. The summed E-state index contributed by atoms with van der Waals surface area (Å²) in [7, 11) is 1.61. The molecular weight excluding hydrogens is 291 g/mol. The summed E-state index contributed by atoms with van der Waals surface area (Å²) in [5.41, 5.74) is 0.770. The van der Waals surface area contributed by atoms with Crippen molar-refractivity contribution in [2.75, 3.05) is 7.11 Å². The molecule has 0 spiro atoms. The van der Waals surface area contributed by atoms with Crippen LogP contribution >= 0.6 is 11.6 Å². The fourth-order valence-electron chi connectivity index (χ4n) is 2.32. The lowest BCUT2D eigenvalue weighted by Crippen LogP contribution is -2.30. The summed E-state index contributed by atoms with van der Waals surface area (Å²) in [5, 5.41) is 10.9. The lowest BCUT2D eigenvalue weighted by molar-refractivity contribution is 0.0608. The predicted octanol–water partition coefficient (Wildman–Crippen LogP) is 4.02. The van der Waals surface area contributed by atoms with E-state index < -0.39 is 5.60 Å². The Balaban J connectivity index is 2.10. The molecule has 0 amide bonds. The zero-order valence-electron chi connectivity index (χ0n) is 12.1. The molecule has 2 aromatic carbocycles. The molecule has 0 aliphatic carbocycles. The van der Waals surface area contributed by atoms with Gasteiger partial charge in [-0.3, -0.25) is 0 Å². The minimum Gasteiger partial charge on any atom is -0.497 e. The molecular formula is C17H18ClFO2. The van der Waals surface area contributed by atoms with Gasteiger partial charge in [0, 0.05) is 17.9 Å². The number of hydrogen-bond donors (Lipinski definition) is 1. The van der Waals surface area contributed by atoms with E-state index in [9.17, 15) is 9.50 Å². The van der Waals surface area contributed by atoms with Gasteiger partial charge in [-0.05, 0) is 42.3 Å². The summed E-state index contributed by atoms with van der Waals surface area (Å²) >= 11 is 6.01. The second kappa shape index (κ2) is 6.46. The maximum Gasteiger partial charge on any atom is 0.124 e. The maximum atomic E-state index is 13.0. The van der Waals surface area contributed by atoms with Crippen LogP contribution in [0.2, 0.25) is 5.02 Å². The number of ether oxygens (including phenoxy) is 1. The molecule has 0 saturated heterocycles. The first-order valence-corrected chi connectivity index (χ1v) is 7.07. The molecule has 0 aliphatic rings. The highest BCUT2D eigenvalue weighted by molar-refractivity contribution is 6.31. The molecule has 21 heavy (non-hydrogen) atoms. The highest BCUT2D eigenvalue weighted by atomic mass is 35.5. The Morgan fingerprint density at radius 3 is 2.38 bits per heavy atom. The molecule has 2 nitrogen and oxygen atoms in total. The van der Waals surface area contributed by atoms with E-state index >= 15 is 0 Å². The summed E-state index contributed by atoms with van der Waals surface area (Å²) in [6, 6.07) is 11.8. The van der Waals surface area contributed by atoms with Gasteiger partial charge in [-0.2, -0.15) is 0 Å². The molecule has 1 unspecified atom stereocenters. The van der Waals surface area contributed by atoms with Gasteiger partial charge in [0.05, 0.1) is 12.7 Å². The van der Waals surface area contributed by atoms with Gasteiger partial charge in [0.15, 0.2) is 0 Å². The molecule has 0 bridgehead atoms. The van der Waals surface area contributed by atoms with E-state index in [1.165, 1.54) is 12.1 Å². The van der Waals surface area contributed by atoms with Gasteiger partial charge in [0.2, 0.25) is 0 Å². The maximum absolute atomic E-state index is 13.0. The Hall–Kier alpha value is -1.58. The smallest absolute Gasteiger partial charge is 0.124 e. The van der Waals surface area contributed by atoms with Gasteiger partial charge in [0.1, 0.15) is 11.6 Å². The number of hydrogen-bond acceptors (Lipinski definition) is 2. The largest absolute Gasteiger partial charge is 0.497 e. The average Bonchev–Trinajstić information content (AvgIpc) is 2.42. The van der Waals surface area contributed by atoms with Crippen molar-refractivity contribution in [3.8, 4) is 5.75 Å². The summed E-state index contributed by atoms with van der Waals surface area (Å²) in [6.45, 7) is 1.75. The Labute approximate surface area is 129 Å². The zero-order valence-corrected chi connectivity index (χ0v) is 12.8. The van der Waals surface area contributed by atoms with Crippen LogP contribution in [-0.4, -0.2) is 17.8 Å². The number of halogens is 2. The molecule has 0 aliphatic heterocycles. The summed E-state index contributed by atoms with van der Waals surface area (Å²) < 4.78 is 18.1. The van der Waals surface area contributed by atoms with Crippen molar-refractivity contribution in [1.29, 1.82) is 0 Å². The quantitative estimate of drug-likeness (QED) is 0.904. The van der Waals surface area contributed by atoms with Crippen LogP contribution in [-0.2, 0) is 12.8 Å². The first kappa shape index (κ1) is 15.8. The van der Waals surface area contributed by atoms with E-state index in [1.807, 2.05) is 24.3 Å². The van der Waals surface area contributed by atoms with Crippen LogP contribution in [0.1, 0.15) is 18.1 Å². The zero-order chi connectivity index (χ0) is 15.5. The standard InChI is InChI=1S/C17H18ClFO2/c1-17(20,10-12-3-7-15(21-2)8-4-12)11-13-5-6-14(19)9-16(13)18/h3-9,20H,10-11H2,1-2H3. The van der Waals surface area contributed by atoms with E-state index in [0.717, 1.165) is 16.9 Å². The fourth-order valence-corrected chi connectivity index (χ4v) is 2.56. The summed E-state index contributed by atoms with van der Waals surface area (Å²) in [4.78, 5) is 0. The highest BCUT2D eigenvalue weighted by Gasteiger charge is 2.23. The lowest BCUT2D eigenvalue weighted by atomic mass is 9.90. The minimum atomic E-state index is -0.962. The van der Waals surface area contributed by atoms with Crippen LogP contribution in [0.4, 0.5) is 4.39 Å². The molecule has 0 saturated carbocycles. The topological polar surface area (TPSA) is 29.5 Å². The summed E-state index contributed by atoms with van der Waals surface area (Å²) in [6.07, 6.45) is 0.836. The van der Waals surface area contributed by atoms with Crippen LogP contribution < -0.4 is 4.74 Å². The Bertz CT molecular complexity index is 609. The van der Waals surface area contributed by atoms with Crippen molar-refractivity contribution in [3.05, 3.63) is 64.4 Å². The molecule has 112 valence electrons. The van der Waals surface area contributed by atoms with E-state index in [1.54, 1.807) is 20.1 Å². The van der Waals surface area contributed by atoms with Crippen LogP contribution in [0.15, 0.2) is 42.5 Å². The Kier molecular flexibility index (Phi) is 4.86. The molecule has 0 heterocycles. The van der Waals surface area contributed by atoms with Gasteiger partial charge in [-0.1, -0.05) is 29.8 Å². The third kappa shape index (κ3) is 4.45. The van der Waals surface area contributed by atoms with Gasteiger partial charge >= 0.3 is 0 Å². The Morgan fingerprint density at radius 2 is 1.81 bits per heavy atom. The monoisotopic (exact) mass is 308 g/mol. The molecule has 0 aromatic heterocycles. The van der Waals surface area contributed by atoms with Crippen molar-refractivity contribution in [2.45, 2.75) is 25.4 Å². The van der Waals surface area contributed by atoms with E-state index in [0.29, 0.717) is 17.9 Å². The number of methoxy groups -OCH3 is 1. The third-order valence-corrected chi connectivity index (χ3v) is 3.68. The molecule has 2 aromatic rings. The van der Waals surface area contributed by atoms with E-state index in [2.05, 4.69) is 0 Å². The molecule has 1 atom stereocenters. The molecule has 2 rings (SSSR count). The van der Waals surface area contributed by atoms with Gasteiger partial charge in [-0.15, -0.1) is 0 Å². The van der Waals surface area contributed by atoms with E-state index in [-0.39, 0.29) is 5.82 Å². The lowest BCUT2D eigenvalue weighted by Gasteiger charge is -2.24. The third-order valence-electron chi connectivity index (χ3n) is 3.33. The van der Waals surface area contributed by atoms with Crippen LogP contribution in [0.5, 0.6) is 5.75 Å². The molecule has 0 radical (unpaired) electrons. The molecule has 0 fully saturated rings. The van der Waals surface area contributed by atoms with Gasteiger partial charge in [0.25, 0.3) is 0 Å². The molecule has 1 N–H and O–H groups in total. The predicted molar refractivity (Wildman–Crippen MR) is 82.4 cm³/mol. The number of aliphatic hydroxyl groups is 1. The summed E-state index contributed by atoms with van der Waals surface area (Å²) in [5.74, 6) is 0.401. The van der Waals surface area contributed by atoms with Crippen molar-refractivity contribution >= 4 is 11.6 Å². The first-order valence-electron chi connectivity index (χ1n) is 6.69. The molecule has 4 heteroatoms. The van der Waals surface area contributed by atoms with Crippen molar-refractivity contribution < 1.29 is 14.2 Å². The normalized spacial score (nSPS) is 13.8. The van der Waals surface area contributed by atoms with Crippen LogP contribution in [0.25, 0.3) is 0 Å². The van der Waals surface area contributed by atoms with Crippen LogP contribution in [0, 0.1) is 5.82 Å². The Morgan fingerprint density at radius 1 is 1.14 bits per heavy atom. The van der Waals surface area contributed by atoms with E-state index in [4.69, 9.17) is 16.3 Å². The average molecular weight is 309 g/mol. The SMILES string of the molecule is COc1ccc(CC(C)(O)Cc2ccc(F)cc2Cl)cc1. The van der Waals surface area contributed by atoms with Crippen LogP contribution in [0.3, 0.4) is 0 Å². The second-order valence-corrected chi connectivity index (χ2v) is 5.84. The first-order chi connectivity index (χ1) is 9.89. The van der Waals surface area contributed by atoms with Gasteiger partial charge in [-0.25, -0.2) is 4.39 Å². The van der Waals surface area contributed by atoms with Crippen molar-refractivity contribution in [1.82, 2.24) is 0 Å².